The van der Waals surface area contributed by atoms with E-state index in [1.54, 1.807) is 11.9 Å². The number of likely N-dealkylation sites (N-methyl/N-ethyl adjacent to an activating group) is 1. The summed E-state index contributed by atoms with van der Waals surface area (Å²) in [6, 6.07) is 7.40. The molecule has 1 aromatic carbocycles. The zero-order chi connectivity index (χ0) is 20.5. The zero-order valence-corrected chi connectivity index (χ0v) is 16.3. The molecule has 0 spiro atoms. The van der Waals surface area contributed by atoms with Gasteiger partial charge in [-0.15, -0.1) is 0 Å². The van der Waals surface area contributed by atoms with Gasteiger partial charge in [-0.1, -0.05) is 24.3 Å². The number of hydrogen-bond acceptors (Lipinski definition) is 6. The molecule has 3 amide bonds. The lowest BCUT2D eigenvalue weighted by Gasteiger charge is -2.28. The van der Waals surface area contributed by atoms with Crippen LogP contribution in [0.3, 0.4) is 0 Å². The molecule has 0 saturated carbocycles. The van der Waals surface area contributed by atoms with Crippen LogP contribution in [0.15, 0.2) is 24.3 Å². The van der Waals surface area contributed by atoms with Crippen LogP contribution >= 0.6 is 0 Å². The number of rotatable bonds is 10. The van der Waals surface area contributed by atoms with Crippen LogP contribution in [0.5, 0.6) is 0 Å². The molecule has 1 fully saturated rings. The topological polar surface area (TPSA) is 93.2 Å². The number of hydrogen-bond donors (Lipinski definition) is 0. The van der Waals surface area contributed by atoms with E-state index in [9.17, 15) is 19.2 Å². The summed E-state index contributed by atoms with van der Waals surface area (Å²) in [5.74, 6) is -0.777. The fourth-order valence-corrected chi connectivity index (χ4v) is 2.62. The average Bonchev–Trinajstić information content (AvgIpc) is 2.64. The molecule has 1 heterocycles. The molecule has 2 rings (SSSR count). The van der Waals surface area contributed by atoms with E-state index in [4.69, 9.17) is 9.47 Å². The van der Waals surface area contributed by atoms with Crippen molar-refractivity contribution in [3.05, 3.63) is 35.4 Å². The van der Waals surface area contributed by atoms with Gasteiger partial charge in [0.25, 0.3) is 0 Å². The Bertz CT molecular complexity index is 716. The predicted octanol–water partition coefficient (Wildman–Crippen LogP) is 0.916. The second-order valence-corrected chi connectivity index (χ2v) is 6.68. The number of likely N-dealkylation sites (tertiary alicyclic amines) is 1. The van der Waals surface area contributed by atoms with Gasteiger partial charge in [0.2, 0.25) is 17.7 Å². The molecule has 0 radical (unpaired) electrons. The Hall–Kier alpha value is -2.74. The third kappa shape index (κ3) is 6.77. The Morgan fingerprint density at radius 1 is 1.11 bits per heavy atom. The lowest BCUT2D eigenvalue weighted by molar-refractivity contribution is -0.152. The fraction of sp³-hybridized carbons (Fsp3) is 0.500. The summed E-state index contributed by atoms with van der Waals surface area (Å²) in [5.41, 5.74) is 1.76. The van der Waals surface area contributed by atoms with E-state index >= 15 is 0 Å². The molecule has 1 aliphatic heterocycles. The summed E-state index contributed by atoms with van der Waals surface area (Å²) >= 11 is 0. The highest BCUT2D eigenvalue weighted by atomic mass is 16.5. The Balaban J connectivity index is 1.69. The number of ether oxygens (including phenoxy) is 2. The number of β-lactam (4-membered cyclic amide) rings is 1. The SMILES string of the molecule is CC(=O)OCCCOCC(=O)N(C)Cc1ccc(CC(=O)N2CCC2=O)cc1. The summed E-state index contributed by atoms with van der Waals surface area (Å²) in [6.07, 6.45) is 1.18. The van der Waals surface area contributed by atoms with Gasteiger partial charge in [0, 0.05) is 39.9 Å². The van der Waals surface area contributed by atoms with Crippen LogP contribution in [0.25, 0.3) is 0 Å². The number of benzene rings is 1. The number of esters is 1. The molecular weight excluding hydrogens is 364 g/mol. The molecule has 0 aromatic heterocycles. The quantitative estimate of drug-likeness (QED) is 0.335. The van der Waals surface area contributed by atoms with Crippen molar-refractivity contribution in [1.29, 1.82) is 0 Å². The zero-order valence-electron chi connectivity index (χ0n) is 16.3. The minimum atomic E-state index is -0.333. The van der Waals surface area contributed by atoms with E-state index in [-0.39, 0.29) is 43.3 Å². The van der Waals surface area contributed by atoms with Crippen molar-refractivity contribution < 1.29 is 28.7 Å². The molecular formula is C20H26N2O6. The lowest BCUT2D eigenvalue weighted by Crippen LogP contribution is -2.48. The van der Waals surface area contributed by atoms with Gasteiger partial charge >= 0.3 is 5.97 Å². The van der Waals surface area contributed by atoms with Gasteiger partial charge in [-0.25, -0.2) is 0 Å². The summed E-state index contributed by atoms with van der Waals surface area (Å²) in [5, 5.41) is 0. The third-order valence-electron chi connectivity index (χ3n) is 4.34. The Kier molecular flexibility index (Phi) is 8.13. The minimum Gasteiger partial charge on any atom is -0.466 e. The van der Waals surface area contributed by atoms with Crippen LogP contribution in [0.2, 0.25) is 0 Å². The maximum Gasteiger partial charge on any atom is 0.302 e. The molecule has 28 heavy (non-hydrogen) atoms. The van der Waals surface area contributed by atoms with E-state index in [1.165, 1.54) is 11.8 Å². The minimum absolute atomic E-state index is 0.0347. The fourth-order valence-electron chi connectivity index (χ4n) is 2.62. The molecule has 1 aliphatic rings. The number of amides is 3. The van der Waals surface area contributed by atoms with Crippen molar-refractivity contribution in [3.8, 4) is 0 Å². The number of imide groups is 1. The van der Waals surface area contributed by atoms with Gasteiger partial charge in [-0.2, -0.15) is 0 Å². The molecule has 0 aliphatic carbocycles. The number of nitrogens with zero attached hydrogens (tertiary/aromatic N) is 2. The maximum absolute atomic E-state index is 12.1. The molecule has 1 aromatic rings. The standard InChI is InChI=1S/C20H26N2O6/c1-15(23)28-11-3-10-27-14-20(26)21(2)13-17-6-4-16(5-7-17)12-19(25)22-9-8-18(22)24/h4-7H,3,8-14H2,1-2H3. The van der Waals surface area contributed by atoms with Crippen molar-refractivity contribution in [2.24, 2.45) is 0 Å². The highest BCUT2D eigenvalue weighted by molar-refractivity contribution is 6.00. The normalized spacial score (nSPS) is 13.1. The van der Waals surface area contributed by atoms with E-state index in [0.29, 0.717) is 32.5 Å². The first-order valence-electron chi connectivity index (χ1n) is 9.23. The van der Waals surface area contributed by atoms with Crippen LogP contribution in [-0.2, 0) is 41.6 Å². The van der Waals surface area contributed by atoms with Gasteiger partial charge in [-0.05, 0) is 11.1 Å². The van der Waals surface area contributed by atoms with Gasteiger partial charge in [0.05, 0.1) is 19.6 Å². The monoisotopic (exact) mass is 390 g/mol. The van der Waals surface area contributed by atoms with E-state index < -0.39 is 0 Å². The van der Waals surface area contributed by atoms with Crippen LogP contribution in [-0.4, -0.2) is 66.9 Å². The van der Waals surface area contributed by atoms with E-state index in [1.807, 2.05) is 24.3 Å². The van der Waals surface area contributed by atoms with Crippen molar-refractivity contribution in [2.45, 2.75) is 32.7 Å². The summed E-state index contributed by atoms with van der Waals surface area (Å²) in [7, 11) is 1.69. The molecule has 152 valence electrons. The molecule has 8 nitrogen and oxygen atoms in total. The van der Waals surface area contributed by atoms with Gasteiger partial charge in [-0.3, -0.25) is 24.1 Å². The van der Waals surface area contributed by atoms with E-state index in [2.05, 4.69) is 0 Å². The maximum atomic E-state index is 12.1. The molecule has 0 unspecified atom stereocenters. The molecule has 1 saturated heterocycles. The van der Waals surface area contributed by atoms with Crippen molar-refractivity contribution in [2.75, 3.05) is 33.4 Å². The van der Waals surface area contributed by atoms with Crippen molar-refractivity contribution in [1.82, 2.24) is 9.80 Å². The number of carbonyl (C=O) groups excluding carboxylic acids is 4. The van der Waals surface area contributed by atoms with Crippen LogP contribution in [0.1, 0.15) is 30.9 Å². The van der Waals surface area contributed by atoms with Crippen LogP contribution in [0.4, 0.5) is 0 Å². The van der Waals surface area contributed by atoms with E-state index in [0.717, 1.165) is 11.1 Å². The molecule has 0 N–H and O–H groups in total. The first kappa shape index (κ1) is 21.6. The highest BCUT2D eigenvalue weighted by Gasteiger charge is 2.29. The Morgan fingerprint density at radius 3 is 2.36 bits per heavy atom. The third-order valence-corrected chi connectivity index (χ3v) is 4.34. The van der Waals surface area contributed by atoms with Crippen molar-refractivity contribution >= 4 is 23.7 Å². The largest absolute Gasteiger partial charge is 0.466 e. The Labute approximate surface area is 164 Å². The highest BCUT2D eigenvalue weighted by Crippen LogP contribution is 2.13. The molecule has 8 heteroatoms. The second-order valence-electron chi connectivity index (χ2n) is 6.68. The first-order valence-corrected chi connectivity index (χ1v) is 9.23. The van der Waals surface area contributed by atoms with Crippen LogP contribution < -0.4 is 0 Å². The lowest BCUT2D eigenvalue weighted by atomic mass is 10.1. The van der Waals surface area contributed by atoms with Gasteiger partial charge in [0.15, 0.2) is 0 Å². The average molecular weight is 390 g/mol. The van der Waals surface area contributed by atoms with Crippen LogP contribution in [0, 0.1) is 0 Å². The summed E-state index contributed by atoms with van der Waals surface area (Å²) in [6.45, 7) is 2.86. The molecule has 0 bridgehead atoms. The van der Waals surface area contributed by atoms with Crippen molar-refractivity contribution in [3.63, 3.8) is 0 Å². The summed E-state index contributed by atoms with van der Waals surface area (Å²) in [4.78, 5) is 48.8. The number of carbonyl (C=O) groups is 4. The van der Waals surface area contributed by atoms with Gasteiger partial charge < -0.3 is 14.4 Å². The van der Waals surface area contributed by atoms with Gasteiger partial charge in [0.1, 0.15) is 6.61 Å². The predicted molar refractivity (Wildman–Crippen MR) is 100 cm³/mol. The smallest absolute Gasteiger partial charge is 0.302 e. The molecule has 0 atom stereocenters. The summed E-state index contributed by atoms with van der Waals surface area (Å²) < 4.78 is 10.1. The second kappa shape index (κ2) is 10.6. The Morgan fingerprint density at radius 2 is 1.79 bits per heavy atom. The first-order chi connectivity index (χ1) is 13.4.